The first kappa shape index (κ1) is 11.0. The second-order valence-electron chi connectivity index (χ2n) is 4.16. The van der Waals surface area contributed by atoms with Crippen LogP contribution in [-0.2, 0) is 0 Å². The van der Waals surface area contributed by atoms with Crippen molar-refractivity contribution in [3.63, 3.8) is 0 Å². The Balaban J connectivity index is 2.25. The molecule has 0 aliphatic rings. The molecule has 2 aromatic heterocycles. The summed E-state index contributed by atoms with van der Waals surface area (Å²) in [6.07, 6.45) is 3.59. The first-order valence-corrected chi connectivity index (χ1v) is 6.06. The minimum atomic E-state index is 0.502. The van der Waals surface area contributed by atoms with Crippen molar-refractivity contribution < 1.29 is 0 Å². The number of aryl methyl sites for hydroxylation is 1. The Bertz CT molecular complexity index is 777. The molecule has 0 radical (unpaired) electrons. The van der Waals surface area contributed by atoms with Gasteiger partial charge in [0.2, 0.25) is 0 Å². The van der Waals surface area contributed by atoms with Crippen LogP contribution >= 0.6 is 12.2 Å². The van der Waals surface area contributed by atoms with Crippen molar-refractivity contribution in [3.05, 3.63) is 53.1 Å². The zero-order chi connectivity index (χ0) is 12.5. The van der Waals surface area contributed by atoms with E-state index in [-0.39, 0.29) is 0 Å². The molecular formula is C14H11N3S. The lowest BCUT2D eigenvalue weighted by Gasteiger charge is -2.06. The highest BCUT2D eigenvalue weighted by atomic mass is 32.1. The molecule has 88 valence electrons. The molecule has 4 heteroatoms. The van der Waals surface area contributed by atoms with Gasteiger partial charge in [-0.1, -0.05) is 12.1 Å². The number of fused-ring (bicyclic) bond motifs is 1. The molecule has 1 aromatic carbocycles. The molecule has 0 spiro atoms. The Kier molecular flexibility index (Phi) is 2.64. The van der Waals surface area contributed by atoms with Gasteiger partial charge in [0, 0.05) is 17.8 Å². The van der Waals surface area contributed by atoms with Gasteiger partial charge in [-0.3, -0.25) is 4.98 Å². The number of benzene rings is 1. The summed E-state index contributed by atoms with van der Waals surface area (Å²) in [5.41, 5.74) is 4.18. The molecule has 0 amide bonds. The van der Waals surface area contributed by atoms with Crippen LogP contribution in [0.5, 0.6) is 0 Å². The Morgan fingerprint density at radius 3 is 2.94 bits per heavy atom. The molecular weight excluding hydrogens is 242 g/mol. The molecule has 0 aliphatic heterocycles. The summed E-state index contributed by atoms with van der Waals surface area (Å²) < 4.78 is 0.502. The average Bonchev–Trinajstić information content (AvgIpc) is 2.41. The summed E-state index contributed by atoms with van der Waals surface area (Å²) in [7, 11) is 0. The molecule has 0 fully saturated rings. The topological polar surface area (TPSA) is 41.6 Å². The van der Waals surface area contributed by atoms with E-state index in [4.69, 9.17) is 12.2 Å². The SMILES string of the molecule is Cc1cnc(=S)[nH]c1-c1ccc2ncccc2c1. The van der Waals surface area contributed by atoms with Gasteiger partial charge in [0.1, 0.15) is 0 Å². The van der Waals surface area contributed by atoms with Crippen molar-refractivity contribution in [2.45, 2.75) is 6.92 Å². The summed E-state index contributed by atoms with van der Waals surface area (Å²) in [5, 5.41) is 1.12. The van der Waals surface area contributed by atoms with Crippen LogP contribution in [0.25, 0.3) is 22.2 Å². The number of aromatic amines is 1. The first-order chi connectivity index (χ1) is 8.74. The monoisotopic (exact) mass is 253 g/mol. The van der Waals surface area contributed by atoms with Crippen LogP contribution in [0.2, 0.25) is 0 Å². The van der Waals surface area contributed by atoms with Crippen molar-refractivity contribution in [2.75, 3.05) is 0 Å². The average molecular weight is 253 g/mol. The van der Waals surface area contributed by atoms with E-state index in [1.54, 1.807) is 12.4 Å². The third kappa shape index (κ3) is 1.91. The molecule has 1 N–H and O–H groups in total. The largest absolute Gasteiger partial charge is 0.330 e. The van der Waals surface area contributed by atoms with Crippen LogP contribution in [-0.4, -0.2) is 15.0 Å². The van der Waals surface area contributed by atoms with E-state index in [1.807, 2.05) is 25.1 Å². The molecule has 0 aliphatic carbocycles. The second-order valence-corrected chi connectivity index (χ2v) is 4.54. The third-order valence-electron chi connectivity index (χ3n) is 2.89. The highest BCUT2D eigenvalue weighted by Crippen LogP contribution is 2.23. The van der Waals surface area contributed by atoms with Gasteiger partial charge in [0.05, 0.1) is 11.2 Å². The number of aromatic nitrogens is 3. The molecule has 0 saturated heterocycles. The van der Waals surface area contributed by atoms with Gasteiger partial charge in [0.25, 0.3) is 0 Å². The van der Waals surface area contributed by atoms with Crippen LogP contribution in [0.3, 0.4) is 0 Å². The van der Waals surface area contributed by atoms with Gasteiger partial charge < -0.3 is 4.98 Å². The zero-order valence-electron chi connectivity index (χ0n) is 9.84. The van der Waals surface area contributed by atoms with Crippen LogP contribution in [0, 0.1) is 11.7 Å². The maximum Gasteiger partial charge on any atom is 0.197 e. The van der Waals surface area contributed by atoms with Crippen LogP contribution in [0.1, 0.15) is 5.56 Å². The van der Waals surface area contributed by atoms with Gasteiger partial charge in [-0.25, -0.2) is 4.98 Å². The molecule has 0 bridgehead atoms. The molecule has 3 nitrogen and oxygen atoms in total. The van der Waals surface area contributed by atoms with E-state index in [0.717, 1.165) is 27.7 Å². The van der Waals surface area contributed by atoms with E-state index >= 15 is 0 Å². The van der Waals surface area contributed by atoms with E-state index in [2.05, 4.69) is 27.1 Å². The predicted octanol–water partition coefficient (Wildman–Crippen LogP) is 3.66. The van der Waals surface area contributed by atoms with Gasteiger partial charge in [-0.2, -0.15) is 0 Å². The van der Waals surface area contributed by atoms with Crippen molar-refractivity contribution in [2.24, 2.45) is 0 Å². The van der Waals surface area contributed by atoms with Gasteiger partial charge in [-0.05, 0) is 48.5 Å². The molecule has 3 rings (SSSR count). The number of hydrogen-bond donors (Lipinski definition) is 1. The number of nitrogens with one attached hydrogen (secondary N) is 1. The molecule has 2 heterocycles. The zero-order valence-corrected chi connectivity index (χ0v) is 10.7. The summed E-state index contributed by atoms with van der Waals surface area (Å²) in [6, 6.07) is 10.2. The fraction of sp³-hybridized carbons (Fsp3) is 0.0714. The number of rotatable bonds is 1. The smallest absolute Gasteiger partial charge is 0.197 e. The molecule has 0 unspecified atom stereocenters. The minimum Gasteiger partial charge on any atom is -0.330 e. The number of H-pyrrole nitrogens is 1. The van der Waals surface area contributed by atoms with E-state index in [0.29, 0.717) is 4.77 Å². The first-order valence-electron chi connectivity index (χ1n) is 5.65. The fourth-order valence-corrected chi connectivity index (χ4v) is 2.14. The van der Waals surface area contributed by atoms with Gasteiger partial charge >= 0.3 is 0 Å². The van der Waals surface area contributed by atoms with Crippen molar-refractivity contribution >= 4 is 23.1 Å². The predicted molar refractivity (Wildman–Crippen MR) is 74.9 cm³/mol. The van der Waals surface area contributed by atoms with Crippen molar-refractivity contribution in [1.29, 1.82) is 0 Å². The maximum absolute atomic E-state index is 5.08. The highest BCUT2D eigenvalue weighted by molar-refractivity contribution is 7.71. The molecule has 18 heavy (non-hydrogen) atoms. The second kappa shape index (κ2) is 4.31. The number of pyridine rings is 1. The Morgan fingerprint density at radius 2 is 2.06 bits per heavy atom. The van der Waals surface area contributed by atoms with Crippen molar-refractivity contribution in [1.82, 2.24) is 15.0 Å². The van der Waals surface area contributed by atoms with Crippen molar-refractivity contribution in [3.8, 4) is 11.3 Å². The summed E-state index contributed by atoms with van der Waals surface area (Å²) in [5.74, 6) is 0. The minimum absolute atomic E-state index is 0.502. The highest BCUT2D eigenvalue weighted by Gasteiger charge is 2.04. The Hall–Kier alpha value is -2.07. The molecule has 3 aromatic rings. The quantitative estimate of drug-likeness (QED) is 0.673. The number of nitrogens with zero attached hydrogens (tertiary/aromatic N) is 2. The van der Waals surface area contributed by atoms with Crippen LogP contribution < -0.4 is 0 Å². The van der Waals surface area contributed by atoms with E-state index < -0.39 is 0 Å². The van der Waals surface area contributed by atoms with E-state index in [9.17, 15) is 0 Å². The summed E-state index contributed by atoms with van der Waals surface area (Å²) in [4.78, 5) is 11.5. The van der Waals surface area contributed by atoms with Gasteiger partial charge in [-0.15, -0.1) is 0 Å². The van der Waals surface area contributed by atoms with Crippen LogP contribution in [0.15, 0.2) is 42.7 Å². The van der Waals surface area contributed by atoms with E-state index in [1.165, 1.54) is 0 Å². The maximum atomic E-state index is 5.08. The normalized spacial score (nSPS) is 10.7. The molecule has 0 saturated carbocycles. The fourth-order valence-electron chi connectivity index (χ4n) is 1.99. The lowest BCUT2D eigenvalue weighted by atomic mass is 10.1. The standard InChI is InChI=1S/C14H11N3S/c1-9-8-16-14(18)17-13(9)11-4-5-12-10(7-11)3-2-6-15-12/h2-8H,1H3,(H,16,17,18). The molecule has 0 atom stereocenters. The third-order valence-corrected chi connectivity index (χ3v) is 3.10. The summed E-state index contributed by atoms with van der Waals surface area (Å²) >= 11 is 5.08. The summed E-state index contributed by atoms with van der Waals surface area (Å²) in [6.45, 7) is 2.01. The lowest BCUT2D eigenvalue weighted by Crippen LogP contribution is -1.91. The lowest BCUT2D eigenvalue weighted by molar-refractivity contribution is 1.11. The Morgan fingerprint density at radius 1 is 1.17 bits per heavy atom. The Labute approximate surface area is 110 Å². The van der Waals surface area contributed by atoms with Gasteiger partial charge in [0.15, 0.2) is 4.77 Å². The number of hydrogen-bond acceptors (Lipinski definition) is 3. The van der Waals surface area contributed by atoms with Crippen LogP contribution in [0.4, 0.5) is 0 Å².